The van der Waals surface area contributed by atoms with Gasteiger partial charge >= 0.3 is 0 Å². The lowest BCUT2D eigenvalue weighted by molar-refractivity contribution is 0.0893. The number of halogens is 1. The molecule has 1 aromatic heterocycles. The van der Waals surface area contributed by atoms with Gasteiger partial charge in [-0.1, -0.05) is 19.3 Å². The Labute approximate surface area is 186 Å². The molecular formula is C21H36IN3O3. The number of hydrogen-bond donors (Lipinski definition) is 2. The van der Waals surface area contributed by atoms with E-state index in [9.17, 15) is 0 Å². The lowest BCUT2D eigenvalue weighted by Crippen LogP contribution is -2.45. The highest BCUT2D eigenvalue weighted by Gasteiger charge is 2.16. The van der Waals surface area contributed by atoms with E-state index in [0.717, 1.165) is 70.5 Å². The van der Waals surface area contributed by atoms with Crippen LogP contribution in [-0.4, -0.2) is 51.5 Å². The molecule has 0 spiro atoms. The van der Waals surface area contributed by atoms with Crippen molar-refractivity contribution in [1.82, 2.24) is 10.6 Å². The van der Waals surface area contributed by atoms with Crippen LogP contribution < -0.4 is 10.6 Å². The zero-order valence-electron chi connectivity index (χ0n) is 16.9. The van der Waals surface area contributed by atoms with Gasteiger partial charge < -0.3 is 24.5 Å². The first kappa shape index (κ1) is 23.5. The van der Waals surface area contributed by atoms with E-state index in [2.05, 4.69) is 10.6 Å². The largest absolute Gasteiger partial charge is 0.469 e. The van der Waals surface area contributed by atoms with Gasteiger partial charge in [0.25, 0.3) is 0 Å². The summed E-state index contributed by atoms with van der Waals surface area (Å²) in [6.45, 7) is 4.93. The molecule has 6 nitrogen and oxygen atoms in total. The smallest absolute Gasteiger partial charge is 0.191 e. The van der Waals surface area contributed by atoms with Crippen molar-refractivity contribution in [2.45, 2.75) is 57.4 Å². The van der Waals surface area contributed by atoms with Crippen LogP contribution >= 0.6 is 24.0 Å². The van der Waals surface area contributed by atoms with Crippen LogP contribution in [0.25, 0.3) is 0 Å². The normalized spacial score (nSPS) is 20.7. The highest BCUT2D eigenvalue weighted by molar-refractivity contribution is 14.0. The van der Waals surface area contributed by atoms with Crippen molar-refractivity contribution in [2.75, 3.05) is 39.5 Å². The Hall–Kier alpha value is -0.800. The van der Waals surface area contributed by atoms with Crippen LogP contribution in [0.2, 0.25) is 0 Å². The standard InChI is InChI=1S/C21H35N3O3.HI/c1-2-6-19(7-3-1)24-21(23-12-9-20-8-4-14-27-20)22-11-5-13-25-16-18-10-15-26-17-18;/h4,8,14,18-19H,1-3,5-7,9-13,15-17H2,(H2,22,23,24);1H. The minimum atomic E-state index is 0. The van der Waals surface area contributed by atoms with Gasteiger partial charge in [-0.15, -0.1) is 24.0 Å². The molecule has 2 N–H and O–H groups in total. The Balaban J connectivity index is 0.00000280. The highest BCUT2D eigenvalue weighted by atomic mass is 127. The topological polar surface area (TPSA) is 68.0 Å². The number of guanidine groups is 1. The van der Waals surface area contributed by atoms with E-state index in [-0.39, 0.29) is 24.0 Å². The van der Waals surface area contributed by atoms with Gasteiger partial charge in [0.15, 0.2) is 5.96 Å². The fraction of sp³-hybridized carbons (Fsp3) is 0.762. The second-order valence-electron chi connectivity index (χ2n) is 7.62. The van der Waals surface area contributed by atoms with Crippen LogP contribution in [0.4, 0.5) is 0 Å². The highest BCUT2D eigenvalue weighted by Crippen LogP contribution is 2.17. The zero-order chi connectivity index (χ0) is 18.6. The third-order valence-corrected chi connectivity index (χ3v) is 5.28. The lowest BCUT2D eigenvalue weighted by atomic mass is 9.96. The average Bonchev–Trinajstić information content (AvgIpc) is 3.39. The molecule has 2 aliphatic rings. The second-order valence-corrected chi connectivity index (χ2v) is 7.62. The quantitative estimate of drug-likeness (QED) is 0.220. The molecule has 1 unspecified atom stereocenters. The van der Waals surface area contributed by atoms with E-state index >= 15 is 0 Å². The maximum Gasteiger partial charge on any atom is 0.191 e. The van der Waals surface area contributed by atoms with E-state index in [4.69, 9.17) is 18.9 Å². The minimum Gasteiger partial charge on any atom is -0.469 e. The van der Waals surface area contributed by atoms with Crippen LogP contribution in [0.3, 0.4) is 0 Å². The SMILES string of the molecule is I.c1coc(CCNC(=NCCCOCC2CCOC2)NC2CCCCC2)c1. The Morgan fingerprint density at radius 1 is 1.21 bits per heavy atom. The maximum absolute atomic E-state index is 5.78. The summed E-state index contributed by atoms with van der Waals surface area (Å²) in [6.07, 6.45) is 11.1. The van der Waals surface area contributed by atoms with E-state index in [1.54, 1.807) is 6.26 Å². The molecule has 0 aromatic carbocycles. The summed E-state index contributed by atoms with van der Waals surface area (Å²) in [5.74, 6) is 2.52. The molecule has 0 amide bonds. The van der Waals surface area contributed by atoms with Crippen molar-refractivity contribution >= 4 is 29.9 Å². The summed E-state index contributed by atoms with van der Waals surface area (Å²) >= 11 is 0. The van der Waals surface area contributed by atoms with Crippen LogP contribution in [0.1, 0.15) is 50.7 Å². The zero-order valence-corrected chi connectivity index (χ0v) is 19.2. The molecule has 1 saturated carbocycles. The summed E-state index contributed by atoms with van der Waals surface area (Å²) in [7, 11) is 0. The minimum absolute atomic E-state index is 0. The van der Waals surface area contributed by atoms with Crippen molar-refractivity contribution in [1.29, 1.82) is 0 Å². The third kappa shape index (κ3) is 9.13. The van der Waals surface area contributed by atoms with E-state index in [0.29, 0.717) is 12.0 Å². The van der Waals surface area contributed by atoms with Crippen molar-refractivity contribution in [3.63, 3.8) is 0 Å². The second kappa shape index (κ2) is 14.2. The first-order valence-electron chi connectivity index (χ1n) is 10.6. The number of hydrogen-bond acceptors (Lipinski definition) is 4. The molecular weight excluding hydrogens is 469 g/mol. The van der Waals surface area contributed by atoms with Gasteiger partial charge in [0.1, 0.15) is 5.76 Å². The number of aliphatic imine (C=N–C) groups is 1. The van der Waals surface area contributed by atoms with Gasteiger partial charge in [-0.05, 0) is 37.8 Å². The predicted molar refractivity (Wildman–Crippen MR) is 123 cm³/mol. The van der Waals surface area contributed by atoms with Gasteiger partial charge in [0, 0.05) is 44.7 Å². The van der Waals surface area contributed by atoms with E-state index < -0.39 is 0 Å². The summed E-state index contributed by atoms with van der Waals surface area (Å²) < 4.78 is 16.6. The molecule has 1 aliphatic heterocycles. The van der Waals surface area contributed by atoms with Crippen LogP contribution in [0.15, 0.2) is 27.8 Å². The van der Waals surface area contributed by atoms with Gasteiger partial charge in [-0.2, -0.15) is 0 Å². The molecule has 160 valence electrons. The van der Waals surface area contributed by atoms with Gasteiger partial charge in [0.2, 0.25) is 0 Å². The summed E-state index contributed by atoms with van der Waals surface area (Å²) in [5, 5.41) is 7.09. The number of nitrogens with one attached hydrogen (secondary N) is 2. The van der Waals surface area contributed by atoms with Crippen LogP contribution in [0, 0.1) is 5.92 Å². The van der Waals surface area contributed by atoms with Gasteiger partial charge in [-0.3, -0.25) is 4.99 Å². The van der Waals surface area contributed by atoms with Crippen molar-refractivity contribution in [3.8, 4) is 0 Å². The number of ether oxygens (including phenoxy) is 2. The Kier molecular flexibility index (Phi) is 11.9. The Morgan fingerprint density at radius 2 is 2.11 bits per heavy atom. The van der Waals surface area contributed by atoms with Crippen molar-refractivity contribution in [3.05, 3.63) is 24.2 Å². The van der Waals surface area contributed by atoms with Gasteiger partial charge in [0.05, 0.1) is 19.5 Å². The molecule has 0 bridgehead atoms. The molecule has 1 aromatic rings. The van der Waals surface area contributed by atoms with E-state index in [1.807, 2.05) is 12.1 Å². The number of nitrogens with zero attached hydrogens (tertiary/aromatic N) is 1. The summed E-state index contributed by atoms with van der Waals surface area (Å²) in [5.41, 5.74) is 0. The lowest BCUT2D eigenvalue weighted by Gasteiger charge is -2.25. The monoisotopic (exact) mass is 505 g/mol. The average molecular weight is 505 g/mol. The van der Waals surface area contributed by atoms with Crippen LogP contribution in [0.5, 0.6) is 0 Å². The van der Waals surface area contributed by atoms with Gasteiger partial charge in [-0.25, -0.2) is 0 Å². The van der Waals surface area contributed by atoms with Crippen molar-refractivity contribution in [2.24, 2.45) is 10.9 Å². The molecule has 2 fully saturated rings. The van der Waals surface area contributed by atoms with Crippen molar-refractivity contribution < 1.29 is 13.9 Å². The molecule has 1 aliphatic carbocycles. The van der Waals surface area contributed by atoms with Crippen LogP contribution in [-0.2, 0) is 15.9 Å². The first-order chi connectivity index (χ1) is 13.4. The van der Waals surface area contributed by atoms with E-state index in [1.165, 1.54) is 32.1 Å². The Morgan fingerprint density at radius 3 is 2.86 bits per heavy atom. The molecule has 1 atom stereocenters. The summed E-state index contributed by atoms with van der Waals surface area (Å²) in [6, 6.07) is 4.49. The molecule has 7 heteroatoms. The first-order valence-corrected chi connectivity index (χ1v) is 10.6. The predicted octanol–water partition coefficient (Wildman–Crippen LogP) is 3.75. The summed E-state index contributed by atoms with van der Waals surface area (Å²) in [4.78, 5) is 4.77. The Bertz CT molecular complexity index is 527. The molecule has 2 heterocycles. The fourth-order valence-electron chi connectivity index (χ4n) is 3.67. The molecule has 28 heavy (non-hydrogen) atoms. The maximum atomic E-state index is 5.78. The number of furan rings is 1. The third-order valence-electron chi connectivity index (χ3n) is 5.28. The molecule has 0 radical (unpaired) electrons. The molecule has 3 rings (SSSR count). The fourth-order valence-corrected chi connectivity index (χ4v) is 3.67. The number of rotatable bonds is 10. The molecule has 1 saturated heterocycles.